The monoisotopic (exact) mass is 267 g/mol. The van der Waals surface area contributed by atoms with Crippen molar-refractivity contribution in [3.05, 3.63) is 23.8 Å². The number of ether oxygens (including phenoxy) is 2. The molecule has 0 aliphatic rings. The van der Waals surface area contributed by atoms with Crippen LogP contribution in [0.2, 0.25) is 0 Å². The van der Waals surface area contributed by atoms with Crippen LogP contribution in [0.1, 0.15) is 11.9 Å². The van der Waals surface area contributed by atoms with Gasteiger partial charge in [0.05, 0.1) is 0 Å². The van der Waals surface area contributed by atoms with Gasteiger partial charge in [0.2, 0.25) is 5.96 Å². The summed E-state index contributed by atoms with van der Waals surface area (Å²) in [6.07, 6.45) is -0.571. The van der Waals surface area contributed by atoms with Crippen LogP contribution in [0.25, 0.3) is 0 Å². The van der Waals surface area contributed by atoms with Crippen LogP contribution in [0.5, 0.6) is 5.75 Å². The van der Waals surface area contributed by atoms with Crippen LogP contribution >= 0.6 is 0 Å². The molecular formula is C11H17N5O3. The Morgan fingerprint density at radius 1 is 1.21 bits per heavy atom. The van der Waals surface area contributed by atoms with Crippen LogP contribution in [0.15, 0.2) is 28.2 Å². The Morgan fingerprint density at radius 3 is 2.37 bits per heavy atom. The molecule has 0 amide bonds. The number of hydrogen-bond acceptors (Lipinski definition) is 4. The van der Waals surface area contributed by atoms with Crippen LogP contribution in [-0.2, 0) is 9.47 Å². The van der Waals surface area contributed by atoms with E-state index in [-0.39, 0.29) is 23.4 Å². The molecule has 0 aliphatic heterocycles. The number of guanidine groups is 2. The number of nitrogens with two attached hydrogens (primary N) is 3. The fourth-order valence-electron chi connectivity index (χ4n) is 1.43. The number of phenols is 1. The molecule has 0 saturated heterocycles. The van der Waals surface area contributed by atoms with Crippen molar-refractivity contribution in [1.29, 1.82) is 0 Å². The van der Waals surface area contributed by atoms with Crippen molar-refractivity contribution in [3.8, 4) is 5.75 Å². The summed E-state index contributed by atoms with van der Waals surface area (Å²) in [5.41, 5.74) is 16.7. The lowest BCUT2D eigenvalue weighted by Gasteiger charge is -2.14. The van der Waals surface area contributed by atoms with Crippen LogP contribution in [0.3, 0.4) is 0 Å². The molecule has 0 spiro atoms. The highest BCUT2D eigenvalue weighted by Crippen LogP contribution is 2.30. The molecule has 8 heteroatoms. The summed E-state index contributed by atoms with van der Waals surface area (Å²) in [6, 6.07) is 4.65. The number of methoxy groups -OCH3 is 2. The van der Waals surface area contributed by atoms with Gasteiger partial charge in [0.15, 0.2) is 12.2 Å². The van der Waals surface area contributed by atoms with Crippen molar-refractivity contribution < 1.29 is 14.6 Å². The van der Waals surface area contributed by atoms with E-state index in [9.17, 15) is 5.11 Å². The molecule has 0 fully saturated rings. The number of phenolic OH excluding ortho intramolecular Hbond substituents is 1. The minimum atomic E-state index is -0.571. The molecule has 0 atom stereocenters. The molecule has 1 rings (SSSR count). The van der Waals surface area contributed by atoms with E-state index in [1.165, 1.54) is 20.3 Å². The van der Waals surface area contributed by atoms with Gasteiger partial charge in [-0.15, -0.1) is 0 Å². The fraction of sp³-hybridized carbons (Fsp3) is 0.273. The lowest BCUT2D eigenvalue weighted by atomic mass is 10.2. The highest BCUT2D eigenvalue weighted by atomic mass is 16.7. The number of nitrogens with zero attached hydrogens (tertiary/aromatic N) is 2. The molecule has 7 N–H and O–H groups in total. The SMILES string of the molecule is COC(OC)c1ccc(O)c(N=C(N)N=C(N)N)c1. The molecule has 0 saturated carbocycles. The quantitative estimate of drug-likeness (QED) is 0.341. The Balaban J connectivity index is 3.14. The number of rotatable bonds is 4. The molecule has 0 aliphatic carbocycles. The summed E-state index contributed by atoms with van der Waals surface area (Å²) < 4.78 is 10.2. The molecular weight excluding hydrogens is 250 g/mol. The van der Waals surface area contributed by atoms with Crippen LogP contribution in [-0.4, -0.2) is 31.2 Å². The number of aliphatic imine (C=N–C) groups is 2. The Bertz CT molecular complexity index is 493. The summed E-state index contributed by atoms with van der Waals surface area (Å²) in [5.74, 6) is -0.453. The maximum Gasteiger partial charge on any atom is 0.223 e. The van der Waals surface area contributed by atoms with Crippen LogP contribution < -0.4 is 17.2 Å². The summed E-state index contributed by atoms with van der Waals surface area (Å²) >= 11 is 0. The molecule has 0 aromatic heterocycles. The Kier molecular flexibility index (Phi) is 5.10. The van der Waals surface area contributed by atoms with Gasteiger partial charge in [-0.05, 0) is 12.1 Å². The third kappa shape index (κ3) is 4.12. The van der Waals surface area contributed by atoms with Gasteiger partial charge in [0.1, 0.15) is 11.4 Å². The number of benzene rings is 1. The summed E-state index contributed by atoms with van der Waals surface area (Å²) in [4.78, 5) is 7.45. The summed E-state index contributed by atoms with van der Waals surface area (Å²) in [5, 5.41) is 9.69. The average Bonchev–Trinajstić information content (AvgIpc) is 2.33. The summed E-state index contributed by atoms with van der Waals surface area (Å²) in [7, 11) is 3.00. The third-order valence-corrected chi connectivity index (χ3v) is 2.18. The van der Waals surface area contributed by atoms with Gasteiger partial charge in [-0.1, -0.05) is 6.07 Å². The van der Waals surface area contributed by atoms with E-state index in [4.69, 9.17) is 26.7 Å². The zero-order chi connectivity index (χ0) is 14.4. The van der Waals surface area contributed by atoms with Crippen molar-refractivity contribution in [2.24, 2.45) is 27.2 Å². The lowest BCUT2D eigenvalue weighted by Crippen LogP contribution is -2.26. The zero-order valence-electron chi connectivity index (χ0n) is 10.7. The number of hydrogen-bond donors (Lipinski definition) is 4. The van der Waals surface area contributed by atoms with Crippen molar-refractivity contribution in [1.82, 2.24) is 0 Å². The van der Waals surface area contributed by atoms with Crippen molar-refractivity contribution in [2.75, 3.05) is 14.2 Å². The first-order valence-electron chi connectivity index (χ1n) is 5.30. The Hall–Kier alpha value is -2.32. The van der Waals surface area contributed by atoms with Gasteiger partial charge in [-0.3, -0.25) is 0 Å². The molecule has 0 bridgehead atoms. The highest BCUT2D eigenvalue weighted by molar-refractivity contribution is 5.93. The third-order valence-electron chi connectivity index (χ3n) is 2.18. The standard InChI is InChI=1S/C11H17N5O3/c1-18-9(19-2)6-3-4-8(17)7(5-6)15-11(14)16-10(12)13/h3-5,9,17H,1-2H3,(H6,12,13,14,15,16). The first-order valence-corrected chi connectivity index (χ1v) is 5.30. The predicted octanol–water partition coefficient (Wildman–Crippen LogP) is -0.0968. The second kappa shape index (κ2) is 6.57. The minimum Gasteiger partial charge on any atom is -0.506 e. The van der Waals surface area contributed by atoms with Gasteiger partial charge >= 0.3 is 0 Å². The van der Waals surface area contributed by atoms with E-state index in [1.54, 1.807) is 12.1 Å². The molecule has 0 radical (unpaired) electrons. The minimum absolute atomic E-state index is 0.0663. The van der Waals surface area contributed by atoms with E-state index in [0.29, 0.717) is 5.56 Å². The smallest absolute Gasteiger partial charge is 0.223 e. The van der Waals surface area contributed by atoms with Crippen molar-refractivity contribution in [2.45, 2.75) is 6.29 Å². The normalized spacial score (nSPS) is 11.6. The summed E-state index contributed by atoms with van der Waals surface area (Å²) in [6.45, 7) is 0. The van der Waals surface area contributed by atoms with Gasteiger partial charge in [0, 0.05) is 19.8 Å². The van der Waals surface area contributed by atoms with E-state index < -0.39 is 6.29 Å². The van der Waals surface area contributed by atoms with Crippen molar-refractivity contribution >= 4 is 17.6 Å². The van der Waals surface area contributed by atoms with E-state index in [1.807, 2.05) is 0 Å². The Morgan fingerprint density at radius 2 is 1.84 bits per heavy atom. The maximum atomic E-state index is 9.69. The maximum absolute atomic E-state index is 9.69. The van der Waals surface area contributed by atoms with E-state index in [0.717, 1.165) is 0 Å². The van der Waals surface area contributed by atoms with E-state index >= 15 is 0 Å². The molecule has 1 aromatic carbocycles. The topological polar surface area (TPSA) is 141 Å². The van der Waals surface area contributed by atoms with Gasteiger partial charge in [-0.25, -0.2) is 4.99 Å². The van der Waals surface area contributed by atoms with Crippen LogP contribution in [0.4, 0.5) is 5.69 Å². The van der Waals surface area contributed by atoms with Crippen molar-refractivity contribution in [3.63, 3.8) is 0 Å². The molecule has 0 heterocycles. The highest BCUT2D eigenvalue weighted by Gasteiger charge is 2.11. The lowest BCUT2D eigenvalue weighted by molar-refractivity contribution is -0.106. The second-order valence-electron chi connectivity index (χ2n) is 3.56. The second-order valence-corrected chi connectivity index (χ2v) is 3.56. The predicted molar refractivity (Wildman–Crippen MR) is 72.0 cm³/mol. The zero-order valence-corrected chi connectivity index (χ0v) is 10.7. The Labute approximate surface area is 110 Å². The molecule has 1 aromatic rings. The first-order chi connectivity index (χ1) is 8.97. The molecule has 19 heavy (non-hydrogen) atoms. The van der Waals surface area contributed by atoms with Gasteiger partial charge in [-0.2, -0.15) is 4.99 Å². The van der Waals surface area contributed by atoms with Gasteiger partial charge in [0.25, 0.3) is 0 Å². The first kappa shape index (κ1) is 14.7. The molecule has 8 nitrogen and oxygen atoms in total. The molecule has 0 unspecified atom stereocenters. The van der Waals surface area contributed by atoms with E-state index in [2.05, 4.69) is 9.98 Å². The van der Waals surface area contributed by atoms with Crippen LogP contribution in [0, 0.1) is 0 Å². The largest absolute Gasteiger partial charge is 0.506 e. The molecule has 104 valence electrons. The van der Waals surface area contributed by atoms with Gasteiger partial charge < -0.3 is 31.8 Å². The fourth-order valence-corrected chi connectivity index (χ4v) is 1.43. The number of aromatic hydroxyl groups is 1. The average molecular weight is 267 g/mol.